The average molecular weight is 526 g/mol. The third kappa shape index (κ3) is 5.65. The first-order chi connectivity index (χ1) is 18.1. The van der Waals surface area contributed by atoms with Crippen LogP contribution in [0.2, 0.25) is 0 Å². The number of amides is 4. The SMILES string of the molecule is CC(C)(C)OC(=O)N1CCN(CC2CCN(c3cccc4c3CN(C3CCC(=O)NC3=O)C4=O)CC2)CC1. The fraction of sp³-hybridized carbons (Fsp3) is 0.643. The molecular formula is C28H39N5O5. The minimum Gasteiger partial charge on any atom is -0.444 e. The van der Waals surface area contributed by atoms with E-state index in [2.05, 4.69) is 21.2 Å². The Hall–Kier alpha value is -3.14. The molecule has 3 saturated heterocycles. The Labute approximate surface area is 224 Å². The van der Waals surface area contributed by atoms with E-state index in [1.54, 1.807) is 9.80 Å². The van der Waals surface area contributed by atoms with Crippen molar-refractivity contribution < 1.29 is 23.9 Å². The summed E-state index contributed by atoms with van der Waals surface area (Å²) >= 11 is 0. The maximum absolute atomic E-state index is 13.2. The molecular weight excluding hydrogens is 486 g/mol. The summed E-state index contributed by atoms with van der Waals surface area (Å²) in [4.78, 5) is 57.8. The molecule has 0 saturated carbocycles. The quantitative estimate of drug-likeness (QED) is 0.602. The molecule has 4 amide bonds. The molecule has 10 heteroatoms. The van der Waals surface area contributed by atoms with Crippen LogP contribution in [0.25, 0.3) is 0 Å². The van der Waals surface area contributed by atoms with E-state index in [4.69, 9.17) is 4.74 Å². The lowest BCUT2D eigenvalue weighted by Gasteiger charge is -2.40. The highest BCUT2D eigenvalue weighted by Crippen LogP contribution is 2.36. The predicted octanol–water partition coefficient (Wildman–Crippen LogP) is 2.22. The monoisotopic (exact) mass is 525 g/mol. The van der Waals surface area contributed by atoms with Crippen LogP contribution in [0.4, 0.5) is 10.5 Å². The normalized spacial score (nSPS) is 23.5. The average Bonchev–Trinajstić information content (AvgIpc) is 3.20. The van der Waals surface area contributed by atoms with E-state index >= 15 is 0 Å². The van der Waals surface area contributed by atoms with Crippen molar-refractivity contribution in [3.05, 3.63) is 29.3 Å². The molecule has 1 atom stereocenters. The molecule has 0 bridgehead atoms. The summed E-state index contributed by atoms with van der Waals surface area (Å²) in [6.07, 6.45) is 2.54. The van der Waals surface area contributed by atoms with Crippen LogP contribution in [0, 0.1) is 5.92 Å². The van der Waals surface area contributed by atoms with Crippen molar-refractivity contribution in [2.24, 2.45) is 5.92 Å². The maximum atomic E-state index is 13.2. The van der Waals surface area contributed by atoms with Crippen LogP contribution >= 0.6 is 0 Å². The molecule has 3 fully saturated rings. The van der Waals surface area contributed by atoms with Crippen molar-refractivity contribution in [2.45, 2.75) is 64.6 Å². The number of hydrogen-bond donors (Lipinski definition) is 1. The first-order valence-electron chi connectivity index (χ1n) is 13.8. The Balaban J connectivity index is 1.14. The summed E-state index contributed by atoms with van der Waals surface area (Å²) in [5.41, 5.74) is 2.25. The summed E-state index contributed by atoms with van der Waals surface area (Å²) in [5, 5.41) is 2.37. The molecule has 0 radical (unpaired) electrons. The highest BCUT2D eigenvalue weighted by Gasteiger charge is 2.40. The standard InChI is InChI=1S/C28H39N5O5/c1-28(2,3)38-27(37)32-15-13-30(14-16-32)17-19-9-11-31(12-10-19)22-6-4-5-20-21(22)18-33(26(20)36)23-7-8-24(34)29-25(23)35/h4-6,19,23H,7-18H2,1-3H3,(H,29,34,35). The zero-order valence-corrected chi connectivity index (χ0v) is 22.7. The Morgan fingerprint density at radius 2 is 1.71 bits per heavy atom. The molecule has 4 heterocycles. The zero-order chi connectivity index (χ0) is 27.0. The van der Waals surface area contributed by atoms with Gasteiger partial charge in [0.15, 0.2) is 0 Å². The smallest absolute Gasteiger partial charge is 0.410 e. The van der Waals surface area contributed by atoms with E-state index < -0.39 is 11.6 Å². The minimum atomic E-state index is -0.595. The van der Waals surface area contributed by atoms with Gasteiger partial charge in [-0.15, -0.1) is 0 Å². The zero-order valence-electron chi connectivity index (χ0n) is 22.7. The molecule has 4 aliphatic rings. The molecule has 1 aromatic carbocycles. The Bertz CT molecular complexity index is 1100. The molecule has 0 aliphatic carbocycles. The maximum Gasteiger partial charge on any atom is 0.410 e. The van der Waals surface area contributed by atoms with E-state index in [1.807, 2.05) is 32.9 Å². The second-order valence-corrected chi connectivity index (χ2v) is 11.9. The number of rotatable bonds is 4. The van der Waals surface area contributed by atoms with Gasteiger partial charge in [0.05, 0.1) is 0 Å². The number of carbonyl (C=O) groups excluding carboxylic acids is 4. The number of hydrogen-bond acceptors (Lipinski definition) is 7. The van der Waals surface area contributed by atoms with Crippen LogP contribution in [0.15, 0.2) is 18.2 Å². The van der Waals surface area contributed by atoms with Gasteiger partial charge in [0.1, 0.15) is 11.6 Å². The molecule has 1 N–H and O–H groups in total. The molecule has 5 rings (SSSR count). The molecule has 38 heavy (non-hydrogen) atoms. The third-order valence-corrected chi connectivity index (χ3v) is 8.05. The predicted molar refractivity (Wildman–Crippen MR) is 142 cm³/mol. The van der Waals surface area contributed by atoms with Gasteiger partial charge < -0.3 is 19.4 Å². The van der Waals surface area contributed by atoms with Crippen LogP contribution < -0.4 is 10.2 Å². The number of benzene rings is 1. The number of piperidine rings is 2. The highest BCUT2D eigenvalue weighted by molar-refractivity contribution is 6.06. The molecule has 0 aromatic heterocycles. The third-order valence-electron chi connectivity index (χ3n) is 8.05. The Morgan fingerprint density at radius 3 is 2.37 bits per heavy atom. The van der Waals surface area contributed by atoms with Gasteiger partial charge in [-0.3, -0.25) is 24.6 Å². The minimum absolute atomic E-state index is 0.128. The Morgan fingerprint density at radius 1 is 1.00 bits per heavy atom. The summed E-state index contributed by atoms with van der Waals surface area (Å²) in [5.74, 6) is -0.185. The van der Waals surface area contributed by atoms with Gasteiger partial charge in [0.25, 0.3) is 5.91 Å². The van der Waals surface area contributed by atoms with Gasteiger partial charge in [0.2, 0.25) is 11.8 Å². The molecule has 4 aliphatic heterocycles. The van der Waals surface area contributed by atoms with Crippen LogP contribution in [0.5, 0.6) is 0 Å². The summed E-state index contributed by atoms with van der Waals surface area (Å²) < 4.78 is 5.51. The first-order valence-corrected chi connectivity index (χ1v) is 13.8. The number of carbonyl (C=O) groups is 4. The largest absolute Gasteiger partial charge is 0.444 e. The van der Waals surface area contributed by atoms with Gasteiger partial charge in [-0.25, -0.2) is 4.79 Å². The van der Waals surface area contributed by atoms with Gasteiger partial charge in [-0.05, 0) is 58.1 Å². The molecule has 1 aromatic rings. The number of imide groups is 1. The van der Waals surface area contributed by atoms with Gasteiger partial charge >= 0.3 is 6.09 Å². The van der Waals surface area contributed by atoms with E-state index in [1.165, 1.54) is 0 Å². The fourth-order valence-electron chi connectivity index (χ4n) is 6.03. The first kappa shape index (κ1) is 26.5. The number of ether oxygens (including phenoxy) is 1. The van der Waals surface area contributed by atoms with Crippen molar-refractivity contribution in [1.29, 1.82) is 0 Å². The van der Waals surface area contributed by atoms with Gasteiger partial charge in [-0.1, -0.05) is 6.07 Å². The van der Waals surface area contributed by atoms with Crippen molar-refractivity contribution in [3.8, 4) is 0 Å². The van der Waals surface area contributed by atoms with Gasteiger partial charge in [-0.2, -0.15) is 0 Å². The van der Waals surface area contributed by atoms with Crippen LogP contribution in [-0.2, 0) is 20.9 Å². The van der Waals surface area contributed by atoms with Gasteiger partial charge in [0, 0.05) is 75.6 Å². The van der Waals surface area contributed by atoms with Crippen molar-refractivity contribution >= 4 is 29.5 Å². The number of nitrogens with one attached hydrogen (secondary N) is 1. The molecule has 0 spiro atoms. The van der Waals surface area contributed by atoms with E-state index in [0.29, 0.717) is 37.5 Å². The second kappa shape index (κ2) is 10.6. The van der Waals surface area contributed by atoms with Crippen LogP contribution in [0.1, 0.15) is 62.4 Å². The van der Waals surface area contributed by atoms with Crippen LogP contribution in [-0.4, -0.2) is 96.0 Å². The summed E-state index contributed by atoms with van der Waals surface area (Å²) in [7, 11) is 0. The molecule has 206 valence electrons. The van der Waals surface area contributed by atoms with Crippen molar-refractivity contribution in [1.82, 2.24) is 20.0 Å². The number of piperazine rings is 1. The summed E-state index contributed by atoms with van der Waals surface area (Å²) in [6.45, 7) is 12.1. The fourth-order valence-corrected chi connectivity index (χ4v) is 6.03. The number of fused-ring (bicyclic) bond motifs is 1. The van der Waals surface area contributed by atoms with E-state index in [-0.39, 0.29) is 30.2 Å². The molecule has 10 nitrogen and oxygen atoms in total. The lowest BCUT2D eigenvalue weighted by atomic mass is 9.94. The van der Waals surface area contributed by atoms with Crippen molar-refractivity contribution in [3.63, 3.8) is 0 Å². The Kier molecular flexibility index (Phi) is 7.35. The summed E-state index contributed by atoms with van der Waals surface area (Å²) in [6, 6.07) is 5.26. The van der Waals surface area contributed by atoms with E-state index in [0.717, 1.165) is 56.8 Å². The topological polar surface area (TPSA) is 102 Å². The lowest BCUT2D eigenvalue weighted by molar-refractivity contribution is -0.136. The number of nitrogens with zero attached hydrogens (tertiary/aromatic N) is 4. The lowest BCUT2D eigenvalue weighted by Crippen LogP contribution is -2.52. The highest BCUT2D eigenvalue weighted by atomic mass is 16.6. The number of anilines is 1. The van der Waals surface area contributed by atoms with Crippen LogP contribution in [0.3, 0.4) is 0 Å². The van der Waals surface area contributed by atoms with Crippen molar-refractivity contribution in [2.75, 3.05) is 50.7 Å². The molecule has 1 unspecified atom stereocenters. The second-order valence-electron chi connectivity index (χ2n) is 11.9. The van der Waals surface area contributed by atoms with E-state index in [9.17, 15) is 19.2 Å².